The number of nitrogens with two attached hydrogens (primary N) is 1. The van der Waals surface area contributed by atoms with Crippen LogP contribution in [0.25, 0.3) is 5.69 Å². The molecular weight excluding hydrogens is 243 g/mol. The van der Waals surface area contributed by atoms with Crippen molar-refractivity contribution in [1.29, 1.82) is 0 Å². The Kier molecular flexibility index (Phi) is 3.31. The molecule has 1 aliphatic rings. The molecule has 1 aromatic heterocycles. The summed E-state index contributed by atoms with van der Waals surface area (Å²) in [6.07, 6.45) is 2.82. The van der Waals surface area contributed by atoms with Gasteiger partial charge >= 0.3 is 0 Å². The number of benzene rings is 1. The molecule has 0 unspecified atom stereocenters. The fourth-order valence-corrected chi connectivity index (χ4v) is 2.50. The summed E-state index contributed by atoms with van der Waals surface area (Å²) < 4.78 is 14.8. The van der Waals surface area contributed by atoms with Crippen molar-refractivity contribution in [2.75, 3.05) is 13.1 Å². The molecule has 100 valence electrons. The molecule has 1 atom stereocenters. The summed E-state index contributed by atoms with van der Waals surface area (Å²) >= 11 is 0. The van der Waals surface area contributed by atoms with Crippen LogP contribution in [0.15, 0.2) is 36.5 Å². The van der Waals surface area contributed by atoms with Crippen LogP contribution in [0.4, 0.5) is 4.39 Å². The molecule has 3 rings (SSSR count). The molecule has 1 aliphatic heterocycles. The first kappa shape index (κ1) is 12.3. The Labute approximate surface area is 111 Å². The van der Waals surface area contributed by atoms with Gasteiger partial charge in [-0.25, -0.2) is 9.07 Å². The van der Waals surface area contributed by atoms with Gasteiger partial charge in [-0.2, -0.15) is 5.10 Å². The lowest BCUT2D eigenvalue weighted by Crippen LogP contribution is -2.27. The van der Waals surface area contributed by atoms with Crippen LogP contribution in [0.3, 0.4) is 0 Å². The highest BCUT2D eigenvalue weighted by Gasteiger charge is 2.20. The maximum Gasteiger partial charge on any atom is 0.123 e. The van der Waals surface area contributed by atoms with E-state index in [1.165, 1.54) is 12.1 Å². The van der Waals surface area contributed by atoms with Gasteiger partial charge in [0, 0.05) is 31.9 Å². The Hall–Kier alpha value is -1.72. The summed E-state index contributed by atoms with van der Waals surface area (Å²) in [5.74, 6) is -0.233. The van der Waals surface area contributed by atoms with Gasteiger partial charge in [-0.05, 0) is 36.8 Å². The SMILES string of the molecule is N[C@H]1CCN(Cc2ccnn2-c2ccc(F)cc2)C1. The minimum atomic E-state index is -0.233. The molecule has 1 aromatic carbocycles. The highest BCUT2D eigenvalue weighted by molar-refractivity contribution is 5.32. The zero-order chi connectivity index (χ0) is 13.2. The lowest BCUT2D eigenvalue weighted by Gasteiger charge is -2.16. The van der Waals surface area contributed by atoms with E-state index in [4.69, 9.17) is 5.73 Å². The van der Waals surface area contributed by atoms with E-state index in [1.807, 2.05) is 10.7 Å². The Balaban J connectivity index is 1.80. The number of halogens is 1. The minimum absolute atomic E-state index is 0.233. The molecule has 0 bridgehead atoms. The predicted molar refractivity (Wildman–Crippen MR) is 71.4 cm³/mol. The highest BCUT2D eigenvalue weighted by Crippen LogP contribution is 2.16. The van der Waals surface area contributed by atoms with Crippen molar-refractivity contribution in [3.05, 3.63) is 48.0 Å². The van der Waals surface area contributed by atoms with Gasteiger partial charge < -0.3 is 5.73 Å². The maximum absolute atomic E-state index is 12.9. The molecule has 0 aliphatic carbocycles. The second kappa shape index (κ2) is 5.11. The Morgan fingerprint density at radius 2 is 2.05 bits per heavy atom. The van der Waals surface area contributed by atoms with Crippen LogP contribution < -0.4 is 5.73 Å². The van der Waals surface area contributed by atoms with Crippen LogP contribution >= 0.6 is 0 Å². The van der Waals surface area contributed by atoms with Crippen LogP contribution in [0.5, 0.6) is 0 Å². The van der Waals surface area contributed by atoms with Crippen molar-refractivity contribution in [3.8, 4) is 5.69 Å². The molecule has 0 radical (unpaired) electrons. The summed E-state index contributed by atoms with van der Waals surface area (Å²) in [7, 11) is 0. The smallest absolute Gasteiger partial charge is 0.123 e. The van der Waals surface area contributed by atoms with E-state index in [1.54, 1.807) is 18.3 Å². The van der Waals surface area contributed by atoms with Gasteiger partial charge in [-0.1, -0.05) is 0 Å². The number of likely N-dealkylation sites (tertiary alicyclic amines) is 1. The van der Waals surface area contributed by atoms with E-state index in [9.17, 15) is 4.39 Å². The molecule has 2 heterocycles. The van der Waals surface area contributed by atoms with Crippen molar-refractivity contribution in [2.24, 2.45) is 5.73 Å². The van der Waals surface area contributed by atoms with Crippen molar-refractivity contribution < 1.29 is 4.39 Å². The normalized spacial score (nSPS) is 20.0. The van der Waals surface area contributed by atoms with Gasteiger partial charge in [0.05, 0.1) is 11.4 Å². The summed E-state index contributed by atoms with van der Waals surface area (Å²) in [6, 6.07) is 8.65. The zero-order valence-electron chi connectivity index (χ0n) is 10.7. The molecule has 1 saturated heterocycles. The van der Waals surface area contributed by atoms with E-state index < -0.39 is 0 Å². The number of aromatic nitrogens is 2. The van der Waals surface area contributed by atoms with Crippen molar-refractivity contribution >= 4 is 0 Å². The number of hydrogen-bond acceptors (Lipinski definition) is 3. The lowest BCUT2D eigenvalue weighted by atomic mass is 10.3. The van der Waals surface area contributed by atoms with E-state index in [-0.39, 0.29) is 11.9 Å². The Morgan fingerprint density at radius 3 is 2.74 bits per heavy atom. The summed E-state index contributed by atoms with van der Waals surface area (Å²) in [5, 5.41) is 4.31. The third-order valence-electron chi connectivity index (χ3n) is 3.49. The lowest BCUT2D eigenvalue weighted by molar-refractivity contribution is 0.319. The fourth-order valence-electron chi connectivity index (χ4n) is 2.50. The molecule has 2 N–H and O–H groups in total. The Bertz CT molecular complexity index is 549. The summed E-state index contributed by atoms with van der Waals surface area (Å²) in [6.45, 7) is 2.77. The predicted octanol–water partition coefficient (Wildman–Crippen LogP) is 1.54. The molecule has 4 nitrogen and oxygen atoms in total. The molecule has 2 aromatic rings. The first-order chi connectivity index (χ1) is 9.22. The quantitative estimate of drug-likeness (QED) is 0.910. The standard InChI is InChI=1S/C14H17FN4/c15-11-1-3-13(4-2-11)19-14(5-7-17-19)10-18-8-6-12(16)9-18/h1-5,7,12H,6,8-10,16H2/t12-/m0/s1. The summed E-state index contributed by atoms with van der Waals surface area (Å²) in [5.41, 5.74) is 7.89. The second-order valence-electron chi connectivity index (χ2n) is 4.99. The van der Waals surface area contributed by atoms with E-state index >= 15 is 0 Å². The molecule has 19 heavy (non-hydrogen) atoms. The minimum Gasteiger partial charge on any atom is -0.326 e. The molecule has 0 saturated carbocycles. The third kappa shape index (κ3) is 2.67. The van der Waals surface area contributed by atoms with E-state index in [0.717, 1.165) is 37.4 Å². The first-order valence-corrected chi connectivity index (χ1v) is 6.49. The van der Waals surface area contributed by atoms with Crippen LogP contribution in [0.1, 0.15) is 12.1 Å². The van der Waals surface area contributed by atoms with Crippen LogP contribution in [-0.2, 0) is 6.54 Å². The topological polar surface area (TPSA) is 47.1 Å². The summed E-state index contributed by atoms with van der Waals surface area (Å²) in [4.78, 5) is 2.32. The molecule has 5 heteroatoms. The third-order valence-corrected chi connectivity index (χ3v) is 3.49. The van der Waals surface area contributed by atoms with Gasteiger partial charge in [0.25, 0.3) is 0 Å². The monoisotopic (exact) mass is 260 g/mol. The van der Waals surface area contributed by atoms with E-state index in [2.05, 4.69) is 10.00 Å². The largest absolute Gasteiger partial charge is 0.326 e. The highest BCUT2D eigenvalue weighted by atomic mass is 19.1. The number of nitrogens with zero attached hydrogens (tertiary/aromatic N) is 3. The number of hydrogen-bond donors (Lipinski definition) is 1. The van der Waals surface area contributed by atoms with Crippen molar-refractivity contribution in [3.63, 3.8) is 0 Å². The van der Waals surface area contributed by atoms with Crippen LogP contribution in [-0.4, -0.2) is 33.8 Å². The fraction of sp³-hybridized carbons (Fsp3) is 0.357. The zero-order valence-corrected chi connectivity index (χ0v) is 10.7. The van der Waals surface area contributed by atoms with Gasteiger partial charge in [-0.15, -0.1) is 0 Å². The first-order valence-electron chi connectivity index (χ1n) is 6.49. The van der Waals surface area contributed by atoms with Crippen molar-refractivity contribution in [2.45, 2.75) is 19.0 Å². The Morgan fingerprint density at radius 1 is 1.26 bits per heavy atom. The van der Waals surface area contributed by atoms with Gasteiger partial charge in [-0.3, -0.25) is 4.90 Å². The molecular formula is C14H17FN4. The second-order valence-corrected chi connectivity index (χ2v) is 4.99. The van der Waals surface area contributed by atoms with Crippen LogP contribution in [0, 0.1) is 5.82 Å². The number of rotatable bonds is 3. The maximum atomic E-state index is 12.9. The van der Waals surface area contributed by atoms with E-state index in [0.29, 0.717) is 0 Å². The molecule has 0 amide bonds. The molecule has 0 spiro atoms. The van der Waals surface area contributed by atoms with Gasteiger partial charge in [0.15, 0.2) is 0 Å². The van der Waals surface area contributed by atoms with Crippen molar-refractivity contribution in [1.82, 2.24) is 14.7 Å². The average molecular weight is 260 g/mol. The van der Waals surface area contributed by atoms with Gasteiger partial charge in [0.2, 0.25) is 0 Å². The average Bonchev–Trinajstić information content (AvgIpc) is 3.00. The van der Waals surface area contributed by atoms with Crippen LogP contribution in [0.2, 0.25) is 0 Å². The van der Waals surface area contributed by atoms with Gasteiger partial charge in [0.1, 0.15) is 5.82 Å². The molecule has 1 fully saturated rings.